The number of benzene rings is 1. The summed E-state index contributed by atoms with van der Waals surface area (Å²) in [6.45, 7) is 5.92. The molecule has 0 heterocycles. The van der Waals surface area contributed by atoms with E-state index in [2.05, 4.69) is 11.6 Å². The Morgan fingerprint density at radius 1 is 1.56 bits per heavy atom. The van der Waals surface area contributed by atoms with Crippen molar-refractivity contribution >= 4 is 12.2 Å². The lowest BCUT2D eigenvalue weighted by Crippen LogP contribution is -2.25. The Kier molecular flexibility index (Phi) is 3.60. The van der Waals surface area contributed by atoms with Crippen molar-refractivity contribution in [3.63, 3.8) is 0 Å². The summed E-state index contributed by atoms with van der Waals surface area (Å²) in [6.07, 6.45) is 4.21. The number of carbonyl (C=O) groups is 1. The third kappa shape index (κ3) is 2.35. The van der Waals surface area contributed by atoms with Crippen molar-refractivity contribution < 1.29 is 9.53 Å². The number of rotatable bonds is 5. The minimum Gasteiger partial charge on any atom is -0.464 e. The topological polar surface area (TPSA) is 38.7 Å². The molecule has 0 unspecified atom stereocenters. The van der Waals surface area contributed by atoms with Crippen LogP contribution in [0.1, 0.15) is 18.9 Å². The second-order valence-corrected chi connectivity index (χ2v) is 4.36. The van der Waals surface area contributed by atoms with E-state index in [0.717, 1.165) is 5.56 Å². The number of ether oxygens (including phenoxy) is 1. The maximum absolute atomic E-state index is 11.9. The third-order valence-corrected chi connectivity index (χ3v) is 3.14. The van der Waals surface area contributed by atoms with Gasteiger partial charge in [0, 0.05) is 12.1 Å². The van der Waals surface area contributed by atoms with Gasteiger partial charge in [-0.2, -0.15) is 0 Å². The summed E-state index contributed by atoms with van der Waals surface area (Å²) in [5, 5.41) is 0. The van der Waals surface area contributed by atoms with Gasteiger partial charge < -0.3 is 4.74 Å². The van der Waals surface area contributed by atoms with E-state index in [4.69, 9.17) is 4.74 Å². The highest BCUT2D eigenvalue weighted by molar-refractivity contribution is 5.90. The minimum absolute atomic E-state index is 0.0940. The van der Waals surface area contributed by atoms with Crippen LogP contribution in [0.3, 0.4) is 0 Å². The average Bonchev–Trinajstić information content (AvgIpc) is 3.13. The van der Waals surface area contributed by atoms with Crippen molar-refractivity contribution in [2.24, 2.45) is 10.9 Å². The molecule has 18 heavy (non-hydrogen) atoms. The first kappa shape index (κ1) is 12.6. The predicted molar refractivity (Wildman–Crippen MR) is 71.7 cm³/mol. The quantitative estimate of drug-likeness (QED) is 0.453. The number of carbonyl (C=O) groups excluding carboxylic acids is 1. The Bertz CT molecular complexity index is 467. The van der Waals surface area contributed by atoms with Crippen LogP contribution in [0.15, 0.2) is 48.0 Å². The Labute approximate surface area is 107 Å². The van der Waals surface area contributed by atoms with Gasteiger partial charge in [-0.3, -0.25) is 4.99 Å². The number of nitrogens with zero attached hydrogens (tertiary/aromatic N) is 1. The molecule has 1 saturated carbocycles. The molecule has 1 aromatic rings. The van der Waals surface area contributed by atoms with E-state index >= 15 is 0 Å². The maximum Gasteiger partial charge on any atom is 0.334 e. The normalized spacial score (nSPS) is 25.9. The largest absolute Gasteiger partial charge is 0.464 e. The van der Waals surface area contributed by atoms with Gasteiger partial charge in [0.05, 0.1) is 6.61 Å². The van der Waals surface area contributed by atoms with Crippen molar-refractivity contribution in [3.05, 3.63) is 48.6 Å². The van der Waals surface area contributed by atoms with Crippen molar-refractivity contribution in [2.75, 3.05) is 6.61 Å². The zero-order valence-corrected chi connectivity index (χ0v) is 10.5. The zero-order chi connectivity index (χ0) is 13.0. The molecule has 2 atom stereocenters. The van der Waals surface area contributed by atoms with Crippen LogP contribution in [0.4, 0.5) is 0 Å². The van der Waals surface area contributed by atoms with Gasteiger partial charge >= 0.3 is 5.97 Å². The van der Waals surface area contributed by atoms with Gasteiger partial charge in [0.15, 0.2) is 5.54 Å². The first-order valence-corrected chi connectivity index (χ1v) is 6.13. The highest BCUT2D eigenvalue weighted by Crippen LogP contribution is 2.48. The summed E-state index contributed by atoms with van der Waals surface area (Å²) in [6, 6.07) is 9.73. The van der Waals surface area contributed by atoms with E-state index in [0.29, 0.717) is 13.0 Å². The molecule has 94 valence electrons. The van der Waals surface area contributed by atoms with E-state index in [1.54, 1.807) is 19.2 Å². The molecule has 2 rings (SSSR count). The van der Waals surface area contributed by atoms with Crippen LogP contribution < -0.4 is 0 Å². The second kappa shape index (κ2) is 5.17. The molecule has 0 saturated heterocycles. The van der Waals surface area contributed by atoms with E-state index in [1.807, 2.05) is 30.3 Å². The summed E-state index contributed by atoms with van der Waals surface area (Å²) in [7, 11) is 0. The van der Waals surface area contributed by atoms with E-state index in [1.165, 1.54) is 0 Å². The van der Waals surface area contributed by atoms with Crippen molar-refractivity contribution in [1.29, 1.82) is 0 Å². The summed E-state index contributed by atoms with van der Waals surface area (Å²) in [5.41, 5.74) is 0.254. The lowest BCUT2D eigenvalue weighted by molar-refractivity contribution is -0.146. The Morgan fingerprint density at radius 2 is 2.28 bits per heavy atom. The fraction of sp³-hybridized carbons (Fsp3) is 0.333. The van der Waals surface area contributed by atoms with Gasteiger partial charge in [-0.05, 0) is 18.9 Å². The van der Waals surface area contributed by atoms with Crippen LogP contribution in [0, 0.1) is 5.92 Å². The molecule has 1 aromatic carbocycles. The third-order valence-electron chi connectivity index (χ3n) is 3.14. The molecule has 3 heteroatoms. The van der Waals surface area contributed by atoms with Crippen molar-refractivity contribution in [1.82, 2.24) is 0 Å². The average molecular weight is 243 g/mol. The molecule has 0 radical (unpaired) electrons. The molecule has 3 nitrogen and oxygen atoms in total. The van der Waals surface area contributed by atoms with Gasteiger partial charge in [-0.15, -0.1) is 6.58 Å². The molecular formula is C15H17NO2. The summed E-state index contributed by atoms with van der Waals surface area (Å²) < 4.78 is 5.09. The van der Waals surface area contributed by atoms with Crippen LogP contribution in [0.5, 0.6) is 0 Å². The molecule has 0 aromatic heterocycles. The van der Waals surface area contributed by atoms with Crippen LogP contribution in [0.2, 0.25) is 0 Å². The first-order valence-electron chi connectivity index (χ1n) is 6.13. The van der Waals surface area contributed by atoms with E-state index in [9.17, 15) is 4.79 Å². The van der Waals surface area contributed by atoms with Gasteiger partial charge in [-0.1, -0.05) is 36.4 Å². The van der Waals surface area contributed by atoms with Crippen LogP contribution in [0.25, 0.3) is 0 Å². The van der Waals surface area contributed by atoms with E-state index in [-0.39, 0.29) is 11.9 Å². The molecule has 0 bridgehead atoms. The fourth-order valence-corrected chi connectivity index (χ4v) is 1.98. The lowest BCUT2D eigenvalue weighted by Gasteiger charge is -2.09. The molecule has 1 aliphatic rings. The SMILES string of the molecule is C=C[C@@H]1C[C@]1(/N=C/c1ccccc1)C(=O)OCC. The highest BCUT2D eigenvalue weighted by Gasteiger charge is 2.60. The Hall–Kier alpha value is -1.90. The number of hydrogen-bond acceptors (Lipinski definition) is 3. The van der Waals surface area contributed by atoms with Gasteiger partial charge in [0.1, 0.15) is 0 Å². The molecule has 0 amide bonds. The lowest BCUT2D eigenvalue weighted by atomic mass is 10.2. The predicted octanol–water partition coefficient (Wildman–Crippen LogP) is 2.61. The highest BCUT2D eigenvalue weighted by atomic mass is 16.5. The summed E-state index contributed by atoms with van der Waals surface area (Å²) in [4.78, 5) is 16.4. The standard InChI is InChI=1S/C15H17NO2/c1-3-13-10-15(13,14(17)18-4-2)16-11-12-8-6-5-7-9-12/h3,5-9,11,13H,1,4,10H2,2H3/b16-11+/t13-,15-/m1/s1. The van der Waals surface area contributed by atoms with Crippen molar-refractivity contribution in [2.45, 2.75) is 18.9 Å². The number of hydrogen-bond donors (Lipinski definition) is 0. The zero-order valence-electron chi connectivity index (χ0n) is 10.5. The minimum atomic E-state index is -0.729. The number of aliphatic imine (C=N–C) groups is 1. The molecule has 0 aliphatic heterocycles. The first-order chi connectivity index (χ1) is 8.73. The van der Waals surface area contributed by atoms with Gasteiger partial charge in [0.25, 0.3) is 0 Å². The maximum atomic E-state index is 11.9. The van der Waals surface area contributed by atoms with Crippen LogP contribution >= 0.6 is 0 Å². The molecule has 0 N–H and O–H groups in total. The van der Waals surface area contributed by atoms with Crippen LogP contribution in [-0.4, -0.2) is 24.3 Å². The van der Waals surface area contributed by atoms with Gasteiger partial charge in [0.2, 0.25) is 0 Å². The van der Waals surface area contributed by atoms with E-state index < -0.39 is 5.54 Å². The number of esters is 1. The molecule has 0 spiro atoms. The van der Waals surface area contributed by atoms with Crippen molar-refractivity contribution in [3.8, 4) is 0 Å². The van der Waals surface area contributed by atoms with Crippen LogP contribution in [-0.2, 0) is 9.53 Å². The Balaban J connectivity index is 2.16. The smallest absolute Gasteiger partial charge is 0.334 e. The monoisotopic (exact) mass is 243 g/mol. The summed E-state index contributed by atoms with van der Waals surface area (Å²) >= 11 is 0. The molecular weight excluding hydrogens is 226 g/mol. The summed E-state index contributed by atoms with van der Waals surface area (Å²) in [5.74, 6) is -0.154. The molecule has 1 aliphatic carbocycles. The fourth-order valence-electron chi connectivity index (χ4n) is 1.98. The second-order valence-electron chi connectivity index (χ2n) is 4.36. The Morgan fingerprint density at radius 3 is 2.83 bits per heavy atom. The van der Waals surface area contributed by atoms with Gasteiger partial charge in [-0.25, -0.2) is 4.79 Å². The molecule has 1 fully saturated rings.